The highest BCUT2D eigenvalue weighted by molar-refractivity contribution is 6.30. The van der Waals surface area contributed by atoms with Crippen LogP contribution in [-0.2, 0) is 6.42 Å². The molecule has 1 aromatic heterocycles. The molecule has 3 aromatic rings. The van der Waals surface area contributed by atoms with Gasteiger partial charge in [0.15, 0.2) is 0 Å². The first-order valence-corrected chi connectivity index (χ1v) is 7.93. The van der Waals surface area contributed by atoms with Crippen molar-refractivity contribution in [3.8, 4) is 17.2 Å². The summed E-state index contributed by atoms with van der Waals surface area (Å²) in [5.74, 6) is 1.61. The third-order valence-corrected chi connectivity index (χ3v) is 4.19. The van der Waals surface area contributed by atoms with Crippen molar-refractivity contribution in [2.75, 3.05) is 0 Å². The zero-order chi connectivity index (χ0) is 16.6. The predicted octanol–water partition coefficient (Wildman–Crippen LogP) is 5.57. The third-order valence-electron chi connectivity index (χ3n) is 3.95. The Morgan fingerprint density at radius 3 is 2.65 bits per heavy atom. The van der Waals surface area contributed by atoms with Gasteiger partial charge in [0.25, 0.3) is 0 Å². The van der Waals surface area contributed by atoms with E-state index >= 15 is 0 Å². The summed E-state index contributed by atoms with van der Waals surface area (Å²) in [4.78, 5) is 4.64. The molecule has 4 heteroatoms. The van der Waals surface area contributed by atoms with Gasteiger partial charge in [-0.25, -0.2) is 0 Å². The van der Waals surface area contributed by atoms with Crippen molar-refractivity contribution in [2.24, 2.45) is 0 Å². The Balaban J connectivity index is 2.12. The van der Waals surface area contributed by atoms with Gasteiger partial charge in [0.2, 0.25) is 0 Å². The fourth-order valence-electron chi connectivity index (χ4n) is 2.63. The number of benzene rings is 2. The minimum Gasteiger partial charge on any atom is -0.507 e. The van der Waals surface area contributed by atoms with Gasteiger partial charge < -0.3 is 9.84 Å². The maximum absolute atomic E-state index is 10.5. The molecule has 23 heavy (non-hydrogen) atoms. The Bertz CT molecular complexity index is 890. The fourth-order valence-corrected chi connectivity index (χ4v) is 2.81. The molecule has 0 aliphatic carbocycles. The van der Waals surface area contributed by atoms with Crippen LogP contribution >= 0.6 is 11.6 Å². The van der Waals surface area contributed by atoms with E-state index in [9.17, 15) is 5.11 Å². The van der Waals surface area contributed by atoms with E-state index in [0.717, 1.165) is 28.8 Å². The molecular weight excluding hydrogens is 310 g/mol. The van der Waals surface area contributed by atoms with Gasteiger partial charge >= 0.3 is 0 Å². The number of fused-ring (bicyclic) bond motifs is 1. The van der Waals surface area contributed by atoms with Gasteiger partial charge in [0, 0.05) is 21.7 Å². The van der Waals surface area contributed by atoms with Crippen molar-refractivity contribution in [1.82, 2.24) is 4.98 Å². The molecule has 0 fully saturated rings. The second-order valence-electron chi connectivity index (χ2n) is 5.58. The zero-order valence-electron chi connectivity index (χ0n) is 13.4. The molecule has 0 saturated carbocycles. The standard InChI is InChI=1S/C19H18ClNO2/c1-4-16-12(3)19(22)15-10-18(11(2)8-17(15)21-16)23-14-7-5-6-13(20)9-14/h5-10H,4H2,1-3H3,(H,21,22). The Morgan fingerprint density at radius 1 is 1.17 bits per heavy atom. The topological polar surface area (TPSA) is 42.4 Å². The molecule has 3 nitrogen and oxygen atoms in total. The summed E-state index contributed by atoms with van der Waals surface area (Å²) < 4.78 is 5.93. The lowest BCUT2D eigenvalue weighted by molar-refractivity contribution is 0.471. The van der Waals surface area contributed by atoms with Crippen LogP contribution in [0.3, 0.4) is 0 Å². The zero-order valence-corrected chi connectivity index (χ0v) is 14.1. The summed E-state index contributed by atoms with van der Waals surface area (Å²) in [6, 6.07) is 11.0. The van der Waals surface area contributed by atoms with E-state index in [2.05, 4.69) is 4.98 Å². The van der Waals surface area contributed by atoms with Crippen LogP contribution in [0.5, 0.6) is 17.2 Å². The van der Waals surface area contributed by atoms with Crippen LogP contribution in [0.15, 0.2) is 36.4 Å². The first-order valence-electron chi connectivity index (χ1n) is 7.55. The smallest absolute Gasteiger partial charge is 0.131 e. The summed E-state index contributed by atoms with van der Waals surface area (Å²) in [5.41, 5.74) is 3.46. The van der Waals surface area contributed by atoms with Gasteiger partial charge in [0.1, 0.15) is 17.2 Å². The molecule has 0 aliphatic heterocycles. The number of aryl methyl sites for hydroxylation is 2. The average molecular weight is 328 g/mol. The number of aromatic nitrogens is 1. The Kier molecular flexibility index (Phi) is 4.14. The number of pyridine rings is 1. The van der Waals surface area contributed by atoms with Gasteiger partial charge in [-0.2, -0.15) is 0 Å². The second kappa shape index (κ2) is 6.09. The summed E-state index contributed by atoms with van der Waals surface area (Å²) in [5, 5.41) is 11.8. The maximum Gasteiger partial charge on any atom is 0.131 e. The molecular formula is C19H18ClNO2. The molecule has 1 heterocycles. The van der Waals surface area contributed by atoms with Crippen LogP contribution in [0.1, 0.15) is 23.7 Å². The van der Waals surface area contributed by atoms with Crippen LogP contribution in [0.4, 0.5) is 0 Å². The third kappa shape index (κ3) is 2.97. The lowest BCUT2D eigenvalue weighted by Crippen LogP contribution is -1.96. The van der Waals surface area contributed by atoms with Gasteiger partial charge in [-0.05, 0) is 56.2 Å². The quantitative estimate of drug-likeness (QED) is 0.684. The van der Waals surface area contributed by atoms with E-state index in [4.69, 9.17) is 16.3 Å². The number of rotatable bonds is 3. The van der Waals surface area contributed by atoms with E-state index in [1.807, 2.05) is 45.0 Å². The maximum atomic E-state index is 10.5. The molecule has 0 unspecified atom stereocenters. The minimum absolute atomic E-state index is 0.266. The normalized spacial score (nSPS) is 11.0. The van der Waals surface area contributed by atoms with Crippen LogP contribution in [0.2, 0.25) is 5.02 Å². The van der Waals surface area contributed by atoms with E-state index < -0.39 is 0 Å². The van der Waals surface area contributed by atoms with Crippen molar-refractivity contribution in [3.05, 3.63) is 58.2 Å². The van der Waals surface area contributed by atoms with Crippen molar-refractivity contribution in [3.63, 3.8) is 0 Å². The lowest BCUT2D eigenvalue weighted by atomic mass is 10.0. The Hall–Kier alpha value is -2.26. The number of hydrogen-bond donors (Lipinski definition) is 1. The van der Waals surface area contributed by atoms with E-state index in [1.54, 1.807) is 12.1 Å². The molecule has 3 rings (SSSR count). The van der Waals surface area contributed by atoms with Crippen molar-refractivity contribution < 1.29 is 9.84 Å². The van der Waals surface area contributed by atoms with Crippen molar-refractivity contribution in [1.29, 1.82) is 0 Å². The first kappa shape index (κ1) is 15.6. The predicted molar refractivity (Wildman–Crippen MR) is 93.8 cm³/mol. The summed E-state index contributed by atoms with van der Waals surface area (Å²) >= 11 is 6.00. The lowest BCUT2D eigenvalue weighted by Gasteiger charge is -2.13. The highest BCUT2D eigenvalue weighted by atomic mass is 35.5. The van der Waals surface area contributed by atoms with E-state index in [0.29, 0.717) is 21.9 Å². The highest BCUT2D eigenvalue weighted by Gasteiger charge is 2.13. The molecule has 0 atom stereocenters. The molecule has 0 radical (unpaired) electrons. The first-order chi connectivity index (χ1) is 11.0. The fraction of sp³-hybridized carbons (Fsp3) is 0.211. The SMILES string of the molecule is CCc1nc2cc(C)c(Oc3cccc(Cl)c3)cc2c(O)c1C. The minimum atomic E-state index is 0.266. The van der Waals surface area contributed by atoms with Gasteiger partial charge in [-0.15, -0.1) is 0 Å². The monoisotopic (exact) mass is 327 g/mol. The van der Waals surface area contributed by atoms with Crippen LogP contribution in [0, 0.1) is 13.8 Å². The number of halogens is 1. The highest BCUT2D eigenvalue weighted by Crippen LogP contribution is 2.35. The molecule has 0 aliphatic rings. The second-order valence-corrected chi connectivity index (χ2v) is 6.02. The molecule has 0 bridgehead atoms. The number of aromatic hydroxyl groups is 1. The van der Waals surface area contributed by atoms with E-state index in [1.165, 1.54) is 0 Å². The van der Waals surface area contributed by atoms with Crippen LogP contribution in [0.25, 0.3) is 10.9 Å². The Labute approximate surface area is 140 Å². The number of nitrogens with zero attached hydrogens (tertiary/aromatic N) is 1. The molecule has 0 spiro atoms. The number of hydrogen-bond acceptors (Lipinski definition) is 3. The molecule has 2 aromatic carbocycles. The van der Waals surface area contributed by atoms with Crippen LogP contribution in [-0.4, -0.2) is 10.1 Å². The summed E-state index contributed by atoms with van der Waals surface area (Å²) in [7, 11) is 0. The summed E-state index contributed by atoms with van der Waals surface area (Å²) in [6.07, 6.45) is 0.787. The van der Waals surface area contributed by atoms with E-state index in [-0.39, 0.29) is 5.75 Å². The Morgan fingerprint density at radius 2 is 1.96 bits per heavy atom. The van der Waals surface area contributed by atoms with Gasteiger partial charge in [-0.1, -0.05) is 24.6 Å². The molecule has 1 N–H and O–H groups in total. The number of ether oxygens (including phenoxy) is 1. The van der Waals surface area contributed by atoms with Gasteiger partial charge in [-0.3, -0.25) is 4.98 Å². The van der Waals surface area contributed by atoms with Crippen LogP contribution < -0.4 is 4.74 Å². The van der Waals surface area contributed by atoms with Gasteiger partial charge in [0.05, 0.1) is 5.52 Å². The molecule has 0 saturated heterocycles. The largest absolute Gasteiger partial charge is 0.507 e. The molecule has 0 amide bonds. The average Bonchev–Trinajstić information content (AvgIpc) is 2.52. The summed E-state index contributed by atoms with van der Waals surface area (Å²) in [6.45, 7) is 5.88. The van der Waals surface area contributed by atoms with Crippen molar-refractivity contribution in [2.45, 2.75) is 27.2 Å². The molecule has 118 valence electrons. The van der Waals surface area contributed by atoms with Crippen molar-refractivity contribution >= 4 is 22.5 Å².